The summed E-state index contributed by atoms with van der Waals surface area (Å²) in [6.45, 7) is 4.19. The number of carbonyl (C=O) groups excluding carboxylic acids is 1. The quantitative estimate of drug-likeness (QED) is 0.862. The first-order chi connectivity index (χ1) is 11.7. The molecule has 0 radical (unpaired) electrons. The highest BCUT2D eigenvalue weighted by Gasteiger charge is 2.26. The molecule has 1 N–H and O–H groups in total. The van der Waals surface area contributed by atoms with Crippen LogP contribution in [0.2, 0.25) is 0 Å². The van der Waals surface area contributed by atoms with Gasteiger partial charge in [0.25, 0.3) is 0 Å². The largest absolute Gasteiger partial charge is 0.315 e. The topological polar surface area (TPSA) is 84.3 Å². The highest BCUT2D eigenvalue weighted by atomic mass is 32.2. The molecular formula is C17H22N4O3S. The average Bonchev–Trinajstić information content (AvgIpc) is 2.97. The van der Waals surface area contributed by atoms with Crippen LogP contribution in [0.1, 0.15) is 22.5 Å². The lowest BCUT2D eigenvalue weighted by atomic mass is 10.1. The number of aromatic nitrogens is 2. The molecule has 2 heterocycles. The molecule has 1 aliphatic heterocycles. The maximum absolute atomic E-state index is 12.5. The van der Waals surface area contributed by atoms with Gasteiger partial charge in [0.05, 0.1) is 17.0 Å². The molecule has 0 aliphatic carbocycles. The van der Waals surface area contributed by atoms with E-state index < -0.39 is 10.0 Å². The Bertz CT molecular complexity index is 947. The van der Waals surface area contributed by atoms with Gasteiger partial charge in [-0.3, -0.25) is 9.48 Å². The summed E-state index contributed by atoms with van der Waals surface area (Å²) in [5.41, 5.74) is 4.53. The Morgan fingerprint density at radius 1 is 1.24 bits per heavy atom. The monoisotopic (exact) mass is 362 g/mol. The molecule has 134 valence electrons. The van der Waals surface area contributed by atoms with Gasteiger partial charge in [-0.05, 0) is 49.6 Å². The smallest absolute Gasteiger partial charge is 0.240 e. The van der Waals surface area contributed by atoms with Gasteiger partial charge in [0.15, 0.2) is 0 Å². The van der Waals surface area contributed by atoms with Crippen molar-refractivity contribution in [1.29, 1.82) is 0 Å². The van der Waals surface area contributed by atoms with Crippen LogP contribution >= 0.6 is 0 Å². The summed E-state index contributed by atoms with van der Waals surface area (Å²) in [7, 11) is -0.0454. The fourth-order valence-corrected chi connectivity index (χ4v) is 4.27. The highest BCUT2D eigenvalue weighted by Crippen LogP contribution is 2.29. The summed E-state index contributed by atoms with van der Waals surface area (Å²) < 4.78 is 29.5. The van der Waals surface area contributed by atoms with Crippen molar-refractivity contribution in [2.75, 3.05) is 18.5 Å². The summed E-state index contributed by atoms with van der Waals surface area (Å²) in [4.78, 5) is 13.5. The highest BCUT2D eigenvalue weighted by molar-refractivity contribution is 7.89. The zero-order chi connectivity index (χ0) is 18.4. The van der Waals surface area contributed by atoms with Gasteiger partial charge in [-0.2, -0.15) is 5.10 Å². The van der Waals surface area contributed by atoms with Crippen molar-refractivity contribution in [3.8, 4) is 0 Å². The SMILES string of the molecule is Cc1nn(C)c(C)c1CCNS(=O)(=O)c1ccc2c(c1)CC(=O)N2C. The number of hydrogen-bond donors (Lipinski definition) is 1. The lowest BCUT2D eigenvalue weighted by Crippen LogP contribution is -2.26. The van der Waals surface area contributed by atoms with E-state index in [0.29, 0.717) is 13.0 Å². The standard InChI is InChI=1S/C17H22N4O3S/c1-11-15(12(2)21(4)19-11)7-8-18-25(23,24)14-5-6-16-13(9-14)10-17(22)20(16)3/h5-6,9,18H,7-8,10H2,1-4H3. The minimum absolute atomic E-state index is 0.0277. The van der Waals surface area contributed by atoms with Crippen LogP contribution in [0.25, 0.3) is 0 Å². The first-order valence-corrected chi connectivity index (χ1v) is 9.57. The average molecular weight is 362 g/mol. The van der Waals surface area contributed by atoms with Crippen molar-refractivity contribution in [2.45, 2.75) is 31.6 Å². The van der Waals surface area contributed by atoms with Crippen LogP contribution in [0.5, 0.6) is 0 Å². The van der Waals surface area contributed by atoms with Crippen molar-refractivity contribution in [1.82, 2.24) is 14.5 Å². The molecule has 1 amide bonds. The first kappa shape index (κ1) is 17.6. The van der Waals surface area contributed by atoms with E-state index in [4.69, 9.17) is 0 Å². The van der Waals surface area contributed by atoms with Gasteiger partial charge in [-0.15, -0.1) is 0 Å². The van der Waals surface area contributed by atoms with E-state index in [9.17, 15) is 13.2 Å². The van der Waals surface area contributed by atoms with E-state index in [2.05, 4.69) is 9.82 Å². The number of hydrogen-bond acceptors (Lipinski definition) is 4. The lowest BCUT2D eigenvalue weighted by molar-refractivity contribution is -0.117. The minimum atomic E-state index is -3.61. The molecule has 25 heavy (non-hydrogen) atoms. The van der Waals surface area contributed by atoms with Gasteiger partial charge in [-0.1, -0.05) is 0 Å². The van der Waals surface area contributed by atoms with Crippen LogP contribution in [-0.4, -0.2) is 37.7 Å². The number of aryl methyl sites for hydroxylation is 2. The van der Waals surface area contributed by atoms with E-state index >= 15 is 0 Å². The molecule has 0 atom stereocenters. The summed E-state index contributed by atoms with van der Waals surface area (Å²) in [6, 6.07) is 4.81. The van der Waals surface area contributed by atoms with Crippen LogP contribution in [0.15, 0.2) is 23.1 Å². The summed E-state index contributed by atoms with van der Waals surface area (Å²) in [5, 5.41) is 4.34. The molecule has 0 spiro atoms. The fraction of sp³-hybridized carbons (Fsp3) is 0.412. The Balaban J connectivity index is 1.73. The number of nitrogens with one attached hydrogen (secondary N) is 1. The normalized spacial score (nSPS) is 14.2. The van der Waals surface area contributed by atoms with Gasteiger partial charge in [0.2, 0.25) is 15.9 Å². The Hall–Kier alpha value is -2.19. The number of amides is 1. The molecule has 0 saturated carbocycles. The molecule has 2 aromatic rings. The van der Waals surface area contributed by atoms with Gasteiger partial charge < -0.3 is 4.90 Å². The van der Waals surface area contributed by atoms with Gasteiger partial charge in [0.1, 0.15) is 0 Å². The third-order valence-electron chi connectivity index (χ3n) is 4.76. The van der Waals surface area contributed by atoms with Crippen molar-refractivity contribution in [2.24, 2.45) is 7.05 Å². The summed E-state index contributed by atoms with van der Waals surface area (Å²) in [5.74, 6) is -0.0277. The fourth-order valence-electron chi connectivity index (χ4n) is 3.19. The van der Waals surface area contributed by atoms with E-state index in [-0.39, 0.29) is 17.2 Å². The predicted molar refractivity (Wildman–Crippen MR) is 95.1 cm³/mol. The van der Waals surface area contributed by atoms with E-state index in [0.717, 1.165) is 28.2 Å². The number of carbonyl (C=O) groups is 1. The molecule has 1 aromatic carbocycles. The Morgan fingerprint density at radius 2 is 1.96 bits per heavy atom. The molecular weight excluding hydrogens is 340 g/mol. The van der Waals surface area contributed by atoms with Gasteiger partial charge in [-0.25, -0.2) is 13.1 Å². The lowest BCUT2D eigenvalue weighted by Gasteiger charge is -2.11. The number of anilines is 1. The van der Waals surface area contributed by atoms with Crippen LogP contribution in [0.3, 0.4) is 0 Å². The summed E-state index contributed by atoms with van der Waals surface area (Å²) >= 11 is 0. The predicted octanol–water partition coefficient (Wildman–Crippen LogP) is 1.08. The Kier molecular flexibility index (Phi) is 4.42. The number of sulfonamides is 1. The second-order valence-corrected chi connectivity index (χ2v) is 8.11. The summed E-state index contributed by atoms with van der Waals surface area (Å²) in [6.07, 6.45) is 0.820. The van der Waals surface area contributed by atoms with Gasteiger partial charge >= 0.3 is 0 Å². The van der Waals surface area contributed by atoms with Crippen LogP contribution in [0.4, 0.5) is 5.69 Å². The van der Waals surface area contributed by atoms with Crippen molar-refractivity contribution >= 4 is 21.6 Å². The number of likely N-dealkylation sites (N-methyl/N-ethyl adjacent to an activating group) is 1. The van der Waals surface area contributed by atoms with Crippen LogP contribution in [0, 0.1) is 13.8 Å². The van der Waals surface area contributed by atoms with E-state index in [1.54, 1.807) is 28.8 Å². The molecule has 0 unspecified atom stereocenters. The molecule has 0 bridgehead atoms. The molecule has 0 fully saturated rings. The second-order valence-electron chi connectivity index (χ2n) is 6.34. The zero-order valence-corrected chi connectivity index (χ0v) is 15.6. The van der Waals surface area contributed by atoms with Crippen molar-refractivity contribution in [3.63, 3.8) is 0 Å². The minimum Gasteiger partial charge on any atom is -0.315 e. The second kappa shape index (κ2) is 6.27. The third-order valence-corrected chi connectivity index (χ3v) is 6.22. The number of fused-ring (bicyclic) bond motifs is 1. The molecule has 1 aliphatic rings. The van der Waals surface area contributed by atoms with E-state index in [1.165, 1.54) is 6.07 Å². The first-order valence-electron chi connectivity index (χ1n) is 8.09. The number of rotatable bonds is 5. The van der Waals surface area contributed by atoms with E-state index in [1.807, 2.05) is 20.9 Å². The maximum atomic E-state index is 12.5. The Labute approximate surface area is 147 Å². The molecule has 3 rings (SSSR count). The number of benzene rings is 1. The van der Waals surface area contributed by atoms with Crippen molar-refractivity contribution in [3.05, 3.63) is 40.7 Å². The Morgan fingerprint density at radius 3 is 2.60 bits per heavy atom. The maximum Gasteiger partial charge on any atom is 0.240 e. The van der Waals surface area contributed by atoms with Crippen LogP contribution in [-0.2, 0) is 34.7 Å². The van der Waals surface area contributed by atoms with Crippen molar-refractivity contribution < 1.29 is 13.2 Å². The molecule has 8 heteroatoms. The van der Waals surface area contributed by atoms with Gasteiger partial charge in [0, 0.05) is 32.0 Å². The molecule has 0 saturated heterocycles. The number of nitrogens with zero attached hydrogens (tertiary/aromatic N) is 3. The molecule has 1 aromatic heterocycles. The zero-order valence-electron chi connectivity index (χ0n) is 14.8. The third kappa shape index (κ3) is 3.19. The molecule has 7 nitrogen and oxygen atoms in total. The van der Waals surface area contributed by atoms with Crippen LogP contribution < -0.4 is 9.62 Å².